The van der Waals surface area contributed by atoms with Gasteiger partial charge in [0.25, 0.3) is 5.70 Å². The summed E-state index contributed by atoms with van der Waals surface area (Å²) in [6.07, 6.45) is 1.41. The Morgan fingerprint density at radius 2 is 1.59 bits per heavy atom. The second-order valence-electron chi connectivity index (χ2n) is 7.18. The summed E-state index contributed by atoms with van der Waals surface area (Å²) in [5, 5.41) is 10.0. The molecule has 0 radical (unpaired) electrons. The second-order valence-corrected chi connectivity index (χ2v) is 8.30. The summed E-state index contributed by atoms with van der Waals surface area (Å²) in [7, 11) is 3.63. The Morgan fingerprint density at radius 1 is 1.00 bits per heavy atom. The minimum Gasteiger partial charge on any atom is -0.486 e. The lowest BCUT2D eigenvalue weighted by Crippen LogP contribution is -2.23. The number of carboxylic acid groups (broad SMARTS) is 1. The number of nitrogens with zero attached hydrogens (tertiary/aromatic N) is 2. The normalized spacial score (nSPS) is 11.6. The van der Waals surface area contributed by atoms with Crippen LogP contribution in [0.15, 0.2) is 30.0 Å². The molecule has 2 aromatic rings. The molecule has 0 spiro atoms. The lowest BCUT2D eigenvalue weighted by atomic mass is 10.2. The zero-order valence-electron chi connectivity index (χ0n) is 19.7. The molecule has 1 aromatic carbocycles. The maximum Gasteiger partial charge on any atom is 0.333 e. The number of carboxylic acids is 1. The monoisotopic (exact) mass is 492 g/mol. The topological polar surface area (TPSA) is 91.1 Å². The maximum absolute atomic E-state index is 11.1. The number of benzene rings is 1. The molecule has 1 aromatic heterocycles. The van der Waals surface area contributed by atoms with E-state index in [1.165, 1.54) is 17.4 Å². The van der Waals surface area contributed by atoms with Crippen LogP contribution in [-0.4, -0.2) is 91.2 Å². The summed E-state index contributed by atoms with van der Waals surface area (Å²) in [6.45, 7) is 12.6. The van der Waals surface area contributed by atoms with Crippen molar-refractivity contribution in [2.75, 3.05) is 85.1 Å². The number of rotatable bonds is 18. The predicted molar refractivity (Wildman–Crippen MR) is 132 cm³/mol. The van der Waals surface area contributed by atoms with Gasteiger partial charge in [-0.05, 0) is 29.7 Å². The van der Waals surface area contributed by atoms with Crippen LogP contribution < -0.4 is 4.90 Å². The van der Waals surface area contributed by atoms with E-state index in [0.29, 0.717) is 59.5 Å². The molecular weight excluding hydrogens is 460 g/mol. The number of anilines is 1. The summed E-state index contributed by atoms with van der Waals surface area (Å²) >= 11 is 1.46. The highest BCUT2D eigenvalue weighted by Gasteiger charge is 2.09. The number of methoxy groups -OCH3 is 1. The molecule has 34 heavy (non-hydrogen) atoms. The van der Waals surface area contributed by atoms with Gasteiger partial charge in [0.15, 0.2) is 0 Å². The van der Waals surface area contributed by atoms with Crippen LogP contribution in [0.4, 0.5) is 5.69 Å². The smallest absolute Gasteiger partial charge is 0.333 e. The van der Waals surface area contributed by atoms with Crippen molar-refractivity contribution in [3.8, 4) is 0 Å². The predicted octanol–water partition coefficient (Wildman–Crippen LogP) is 3.40. The lowest BCUT2D eigenvalue weighted by molar-refractivity contribution is -0.132. The zero-order chi connectivity index (χ0) is 24.6. The van der Waals surface area contributed by atoms with Crippen molar-refractivity contribution in [2.24, 2.45) is 0 Å². The van der Waals surface area contributed by atoms with E-state index < -0.39 is 5.97 Å². The van der Waals surface area contributed by atoms with Crippen LogP contribution in [0.5, 0.6) is 0 Å². The largest absolute Gasteiger partial charge is 0.486 e. The van der Waals surface area contributed by atoms with Gasteiger partial charge in [0.1, 0.15) is 0 Å². The first kappa shape index (κ1) is 27.7. The number of hydrogen-bond acceptors (Lipinski definition) is 8. The summed E-state index contributed by atoms with van der Waals surface area (Å²) < 4.78 is 27.8. The molecule has 0 saturated heterocycles. The van der Waals surface area contributed by atoms with E-state index >= 15 is 0 Å². The highest BCUT2D eigenvalue weighted by atomic mass is 32.1. The standard InChI is InChI=1S/C24H32N2O7S/c1-25-22(24(27)28)18-21-16-19-4-5-20(17-23(19)34-21)26(2)6-7-30-10-11-32-14-15-33-13-12-31-9-8-29-3/h4-5,16-18H,6-15H2,2-3H3,(H,27,28)/b22-18-. The SMILES string of the molecule is [C-]#[N+]/C(=C\c1cc2ccc(N(C)CCOCCOCCOCCOCCOC)cc2s1)C(=O)O. The fourth-order valence-electron chi connectivity index (χ4n) is 2.86. The fourth-order valence-corrected chi connectivity index (χ4v) is 3.90. The maximum atomic E-state index is 11.1. The fraction of sp³-hybridized carbons (Fsp3) is 0.500. The van der Waals surface area contributed by atoms with Crippen molar-refractivity contribution in [2.45, 2.75) is 0 Å². The van der Waals surface area contributed by atoms with Gasteiger partial charge < -0.3 is 33.7 Å². The molecule has 0 aliphatic heterocycles. The van der Waals surface area contributed by atoms with Crippen LogP contribution in [0.2, 0.25) is 0 Å². The van der Waals surface area contributed by atoms with Crippen LogP contribution in [-0.2, 0) is 28.5 Å². The highest BCUT2D eigenvalue weighted by molar-refractivity contribution is 7.19. The van der Waals surface area contributed by atoms with Crippen LogP contribution in [0.1, 0.15) is 4.88 Å². The average molecular weight is 493 g/mol. The van der Waals surface area contributed by atoms with E-state index in [-0.39, 0.29) is 5.70 Å². The van der Waals surface area contributed by atoms with E-state index in [1.54, 1.807) is 7.11 Å². The molecule has 2 rings (SSSR count). The first-order chi connectivity index (χ1) is 16.5. The third kappa shape index (κ3) is 10.2. The van der Waals surface area contributed by atoms with Gasteiger partial charge in [-0.25, -0.2) is 4.85 Å². The first-order valence-electron chi connectivity index (χ1n) is 10.9. The van der Waals surface area contributed by atoms with Gasteiger partial charge in [-0.1, -0.05) is 6.07 Å². The third-order valence-electron chi connectivity index (χ3n) is 4.70. The molecule has 1 heterocycles. The van der Waals surface area contributed by atoms with Crippen molar-refractivity contribution in [1.29, 1.82) is 0 Å². The molecule has 0 aliphatic rings. The van der Waals surface area contributed by atoms with E-state index in [9.17, 15) is 4.79 Å². The van der Waals surface area contributed by atoms with Crippen molar-refractivity contribution in [1.82, 2.24) is 0 Å². The molecule has 9 nitrogen and oxygen atoms in total. The number of hydrogen-bond donors (Lipinski definition) is 1. The summed E-state index contributed by atoms with van der Waals surface area (Å²) in [5.41, 5.74) is 0.748. The van der Waals surface area contributed by atoms with Gasteiger partial charge in [0.2, 0.25) is 0 Å². The Balaban J connectivity index is 1.61. The number of aliphatic carboxylic acids is 1. The molecule has 0 fully saturated rings. The zero-order valence-corrected chi connectivity index (χ0v) is 20.5. The van der Waals surface area contributed by atoms with Crippen molar-refractivity contribution >= 4 is 39.2 Å². The van der Waals surface area contributed by atoms with Gasteiger partial charge in [-0.15, -0.1) is 11.3 Å². The number of thiophene rings is 1. The van der Waals surface area contributed by atoms with Crippen LogP contribution in [0.3, 0.4) is 0 Å². The van der Waals surface area contributed by atoms with E-state index in [2.05, 4.69) is 15.8 Å². The van der Waals surface area contributed by atoms with Gasteiger partial charge in [-0.3, -0.25) is 4.79 Å². The van der Waals surface area contributed by atoms with E-state index in [0.717, 1.165) is 27.2 Å². The van der Waals surface area contributed by atoms with Crippen molar-refractivity contribution in [3.63, 3.8) is 0 Å². The Labute approximate surface area is 204 Å². The van der Waals surface area contributed by atoms with Crippen LogP contribution in [0, 0.1) is 6.57 Å². The van der Waals surface area contributed by atoms with Gasteiger partial charge in [-0.2, -0.15) is 0 Å². The first-order valence-corrected chi connectivity index (χ1v) is 11.7. The molecular formula is C24H32N2O7S. The van der Waals surface area contributed by atoms with Crippen LogP contribution >= 0.6 is 11.3 Å². The Bertz CT molecular complexity index is 954. The molecule has 186 valence electrons. The van der Waals surface area contributed by atoms with Gasteiger partial charge in [0, 0.05) is 36.0 Å². The molecule has 0 bridgehead atoms. The number of likely N-dealkylation sites (N-methyl/N-ethyl adjacent to an activating group) is 1. The molecule has 0 amide bonds. The summed E-state index contributed by atoms with van der Waals surface area (Å²) in [5.74, 6) is -1.22. The van der Waals surface area contributed by atoms with Crippen LogP contribution in [0.25, 0.3) is 21.0 Å². The quantitative estimate of drug-likeness (QED) is 0.192. The summed E-state index contributed by atoms with van der Waals surface area (Å²) in [6, 6.07) is 7.96. The molecule has 0 atom stereocenters. The van der Waals surface area contributed by atoms with Gasteiger partial charge in [0.05, 0.1) is 66.0 Å². The Morgan fingerprint density at radius 3 is 2.15 bits per heavy atom. The van der Waals surface area contributed by atoms with Gasteiger partial charge >= 0.3 is 5.97 Å². The minimum atomic E-state index is -1.22. The number of fused-ring (bicyclic) bond motifs is 1. The Hall–Kier alpha value is -2.52. The molecule has 0 aliphatic carbocycles. The van der Waals surface area contributed by atoms with E-state index in [4.69, 9.17) is 35.4 Å². The Kier molecular flexibility index (Phi) is 13.2. The molecule has 1 N–H and O–H groups in total. The number of ether oxygens (including phenoxy) is 5. The average Bonchev–Trinajstić information content (AvgIpc) is 3.24. The second kappa shape index (κ2) is 16.2. The minimum absolute atomic E-state index is 0.291. The number of carbonyl (C=O) groups is 1. The summed E-state index contributed by atoms with van der Waals surface area (Å²) in [4.78, 5) is 17.0. The molecule has 0 unspecified atom stereocenters. The van der Waals surface area contributed by atoms with E-state index in [1.807, 2.05) is 25.2 Å². The van der Waals surface area contributed by atoms with Crippen molar-refractivity contribution < 1.29 is 33.6 Å². The van der Waals surface area contributed by atoms with Crippen molar-refractivity contribution in [3.05, 3.63) is 46.3 Å². The molecule has 10 heteroatoms. The lowest BCUT2D eigenvalue weighted by Gasteiger charge is -2.19. The molecule has 0 saturated carbocycles. The highest BCUT2D eigenvalue weighted by Crippen LogP contribution is 2.30. The third-order valence-corrected chi connectivity index (χ3v) is 5.75.